The molecule has 1 rings (SSSR count). The maximum absolute atomic E-state index is 11.4. The zero-order valence-corrected chi connectivity index (χ0v) is 8.50. The van der Waals surface area contributed by atoms with E-state index >= 15 is 0 Å². The van der Waals surface area contributed by atoms with Crippen molar-refractivity contribution >= 4 is 23.1 Å². The number of ether oxygens (including phenoxy) is 1. The third kappa shape index (κ3) is 2.15. The third-order valence-corrected chi connectivity index (χ3v) is 2.65. The minimum absolute atomic E-state index is 0.0525. The summed E-state index contributed by atoms with van der Waals surface area (Å²) in [6, 6.07) is 0. The zero-order valence-electron chi connectivity index (χ0n) is 7.68. The molecule has 1 atom stereocenters. The average Bonchev–Trinajstić information content (AvgIpc) is 2.64. The number of hydrogen-bond donors (Lipinski definition) is 1. The van der Waals surface area contributed by atoms with Crippen molar-refractivity contribution < 1.29 is 19.4 Å². The fourth-order valence-electron chi connectivity index (χ4n) is 0.768. The molecule has 0 fully saturated rings. The maximum Gasteiger partial charge on any atom is 0.347 e. The first kappa shape index (κ1) is 10.8. The summed E-state index contributed by atoms with van der Waals surface area (Å²) >= 11 is 0.853. The minimum Gasteiger partial charge on any atom is -0.477 e. The second-order valence-electron chi connectivity index (χ2n) is 2.58. The molecule has 0 aromatic carbocycles. The number of aromatic carboxylic acids is 1. The molecule has 1 unspecified atom stereocenters. The Labute approximate surface area is 84.3 Å². The molecule has 0 radical (unpaired) electrons. The van der Waals surface area contributed by atoms with E-state index in [-0.39, 0.29) is 15.7 Å². The Morgan fingerprint density at radius 3 is 2.71 bits per heavy atom. The van der Waals surface area contributed by atoms with E-state index in [0.717, 1.165) is 11.3 Å². The van der Waals surface area contributed by atoms with Gasteiger partial charge in [0.15, 0.2) is 5.01 Å². The number of ketones is 1. The van der Waals surface area contributed by atoms with Crippen molar-refractivity contribution in [2.24, 2.45) is 0 Å². The fourth-order valence-corrected chi connectivity index (χ4v) is 1.54. The second-order valence-corrected chi connectivity index (χ2v) is 3.61. The first-order valence-corrected chi connectivity index (χ1v) is 4.64. The van der Waals surface area contributed by atoms with Gasteiger partial charge in [-0.3, -0.25) is 4.79 Å². The van der Waals surface area contributed by atoms with Gasteiger partial charge in [0.05, 0.1) is 6.20 Å². The van der Waals surface area contributed by atoms with Crippen LogP contribution in [0.1, 0.15) is 26.4 Å². The Bertz CT molecular complexity index is 360. The van der Waals surface area contributed by atoms with Crippen LogP contribution in [0, 0.1) is 0 Å². The number of Topliss-reactive ketones (excluding diaryl/α,β-unsaturated/α-hetero) is 1. The first-order valence-electron chi connectivity index (χ1n) is 3.82. The van der Waals surface area contributed by atoms with Crippen LogP contribution in [-0.2, 0) is 4.74 Å². The SMILES string of the molecule is COC(C)C(=O)c1ncc(C(=O)O)s1. The Kier molecular flexibility index (Phi) is 3.32. The topological polar surface area (TPSA) is 76.5 Å². The van der Waals surface area contributed by atoms with Gasteiger partial charge in [-0.05, 0) is 6.92 Å². The van der Waals surface area contributed by atoms with Crippen LogP contribution in [0.2, 0.25) is 0 Å². The molecule has 5 nitrogen and oxygen atoms in total. The van der Waals surface area contributed by atoms with Crippen LogP contribution in [0.3, 0.4) is 0 Å². The van der Waals surface area contributed by atoms with Crippen LogP contribution in [0.25, 0.3) is 0 Å². The second kappa shape index (κ2) is 4.30. The molecule has 1 heterocycles. The largest absolute Gasteiger partial charge is 0.477 e. The van der Waals surface area contributed by atoms with Crippen molar-refractivity contribution in [2.45, 2.75) is 13.0 Å². The van der Waals surface area contributed by atoms with Gasteiger partial charge in [0.1, 0.15) is 11.0 Å². The van der Waals surface area contributed by atoms with Crippen LogP contribution in [0.5, 0.6) is 0 Å². The summed E-state index contributed by atoms with van der Waals surface area (Å²) < 4.78 is 4.81. The molecule has 1 aromatic heterocycles. The predicted molar refractivity (Wildman–Crippen MR) is 49.9 cm³/mol. The quantitative estimate of drug-likeness (QED) is 0.760. The molecule has 0 aliphatic rings. The molecular weight excluding hydrogens is 206 g/mol. The molecule has 0 spiro atoms. The normalized spacial score (nSPS) is 12.4. The number of hydrogen-bond acceptors (Lipinski definition) is 5. The lowest BCUT2D eigenvalue weighted by atomic mass is 10.3. The minimum atomic E-state index is -1.08. The van der Waals surface area contributed by atoms with Crippen molar-refractivity contribution in [2.75, 3.05) is 7.11 Å². The van der Waals surface area contributed by atoms with E-state index in [4.69, 9.17) is 9.84 Å². The molecule has 0 aliphatic carbocycles. The highest BCUT2D eigenvalue weighted by Crippen LogP contribution is 2.15. The third-order valence-electron chi connectivity index (χ3n) is 1.65. The fraction of sp³-hybridized carbons (Fsp3) is 0.375. The van der Waals surface area contributed by atoms with Crippen LogP contribution in [0.15, 0.2) is 6.20 Å². The highest BCUT2D eigenvalue weighted by Gasteiger charge is 2.19. The number of rotatable bonds is 4. The predicted octanol–water partition coefficient (Wildman–Crippen LogP) is 1.06. The van der Waals surface area contributed by atoms with Crippen LogP contribution in [-0.4, -0.2) is 35.1 Å². The van der Waals surface area contributed by atoms with Crippen molar-refractivity contribution in [1.29, 1.82) is 0 Å². The van der Waals surface area contributed by atoms with Crippen LogP contribution < -0.4 is 0 Å². The van der Waals surface area contributed by atoms with Crippen LogP contribution in [0.4, 0.5) is 0 Å². The van der Waals surface area contributed by atoms with Gasteiger partial charge in [-0.15, -0.1) is 11.3 Å². The molecule has 1 N–H and O–H groups in total. The molecule has 1 aromatic rings. The molecular formula is C8H9NO4S. The average molecular weight is 215 g/mol. The lowest BCUT2D eigenvalue weighted by Gasteiger charge is -2.03. The van der Waals surface area contributed by atoms with E-state index in [1.807, 2.05) is 0 Å². The summed E-state index contributed by atoms with van der Waals surface area (Å²) in [4.78, 5) is 25.7. The molecule has 0 saturated heterocycles. The molecule has 6 heteroatoms. The van der Waals surface area contributed by atoms with Gasteiger partial charge in [-0.25, -0.2) is 9.78 Å². The summed E-state index contributed by atoms with van der Waals surface area (Å²) in [5.41, 5.74) is 0. The van der Waals surface area contributed by atoms with Gasteiger partial charge in [0.2, 0.25) is 5.78 Å². The Hall–Kier alpha value is -1.27. The molecule has 0 bridgehead atoms. The molecule has 14 heavy (non-hydrogen) atoms. The van der Waals surface area contributed by atoms with Gasteiger partial charge in [0, 0.05) is 7.11 Å². The number of nitrogens with zero attached hydrogens (tertiary/aromatic N) is 1. The number of carboxylic acids is 1. The van der Waals surface area contributed by atoms with Gasteiger partial charge in [0.25, 0.3) is 0 Å². The summed E-state index contributed by atoms with van der Waals surface area (Å²) in [5, 5.41) is 8.77. The van der Waals surface area contributed by atoms with E-state index in [1.165, 1.54) is 13.3 Å². The van der Waals surface area contributed by atoms with E-state index in [2.05, 4.69) is 4.98 Å². The van der Waals surface area contributed by atoms with E-state index in [0.29, 0.717) is 0 Å². The Balaban J connectivity index is 2.87. The zero-order chi connectivity index (χ0) is 10.7. The smallest absolute Gasteiger partial charge is 0.347 e. The van der Waals surface area contributed by atoms with E-state index < -0.39 is 12.1 Å². The van der Waals surface area contributed by atoms with Crippen molar-refractivity contribution in [3.8, 4) is 0 Å². The number of carboxylic acid groups (broad SMARTS) is 1. The Morgan fingerprint density at radius 1 is 1.64 bits per heavy atom. The lowest BCUT2D eigenvalue weighted by molar-refractivity contribution is 0.0654. The number of carbonyl (C=O) groups excluding carboxylic acids is 1. The summed E-state index contributed by atoms with van der Waals surface area (Å²) in [6.07, 6.45) is 0.575. The van der Waals surface area contributed by atoms with Crippen molar-refractivity contribution in [3.63, 3.8) is 0 Å². The maximum atomic E-state index is 11.4. The van der Waals surface area contributed by atoms with Crippen molar-refractivity contribution in [3.05, 3.63) is 16.1 Å². The highest BCUT2D eigenvalue weighted by atomic mass is 32.1. The number of methoxy groups -OCH3 is 1. The highest BCUT2D eigenvalue weighted by molar-refractivity contribution is 7.15. The van der Waals surface area contributed by atoms with E-state index in [1.54, 1.807) is 6.92 Å². The van der Waals surface area contributed by atoms with Crippen LogP contribution >= 0.6 is 11.3 Å². The van der Waals surface area contributed by atoms with Gasteiger partial charge < -0.3 is 9.84 Å². The summed E-state index contributed by atoms with van der Waals surface area (Å²) in [6.45, 7) is 1.59. The van der Waals surface area contributed by atoms with Gasteiger partial charge >= 0.3 is 5.97 Å². The summed E-state index contributed by atoms with van der Waals surface area (Å²) in [7, 11) is 1.41. The monoisotopic (exact) mass is 215 g/mol. The molecule has 0 aliphatic heterocycles. The lowest BCUT2D eigenvalue weighted by Crippen LogP contribution is -2.18. The molecule has 0 saturated carbocycles. The molecule has 0 amide bonds. The molecule has 76 valence electrons. The van der Waals surface area contributed by atoms with E-state index in [9.17, 15) is 9.59 Å². The number of carbonyl (C=O) groups is 2. The number of aromatic nitrogens is 1. The van der Waals surface area contributed by atoms with Gasteiger partial charge in [-0.1, -0.05) is 0 Å². The Morgan fingerprint density at radius 2 is 2.29 bits per heavy atom. The number of thiazole rings is 1. The van der Waals surface area contributed by atoms with Gasteiger partial charge in [-0.2, -0.15) is 0 Å². The van der Waals surface area contributed by atoms with Crippen molar-refractivity contribution in [1.82, 2.24) is 4.98 Å². The first-order chi connectivity index (χ1) is 6.56. The standard InChI is InChI=1S/C8H9NO4S/c1-4(13-2)6(10)7-9-3-5(14-7)8(11)12/h3-4H,1-2H3,(H,11,12). The summed E-state index contributed by atoms with van der Waals surface area (Å²) in [5.74, 6) is -1.38.